The summed E-state index contributed by atoms with van der Waals surface area (Å²) < 4.78 is 0. The summed E-state index contributed by atoms with van der Waals surface area (Å²) in [7, 11) is 0. The lowest BCUT2D eigenvalue weighted by Crippen LogP contribution is -2.43. The topological polar surface area (TPSA) is 35.6 Å². The molecule has 1 aromatic rings. The van der Waals surface area contributed by atoms with Crippen LogP contribution in [-0.2, 0) is 11.2 Å². The van der Waals surface area contributed by atoms with Gasteiger partial charge in [0.2, 0.25) is 5.91 Å². The second kappa shape index (κ2) is 5.34. The number of anilines is 1. The molecule has 4 rings (SSSR count). The van der Waals surface area contributed by atoms with Gasteiger partial charge in [-0.15, -0.1) is 0 Å². The number of amides is 1. The van der Waals surface area contributed by atoms with E-state index in [-0.39, 0.29) is 11.9 Å². The lowest BCUT2D eigenvalue weighted by atomic mass is 10.1. The lowest BCUT2D eigenvalue weighted by Gasteiger charge is -2.25. The predicted molar refractivity (Wildman–Crippen MR) is 83.3 cm³/mol. The first-order chi connectivity index (χ1) is 10.3. The average Bonchev–Trinajstić information content (AvgIpc) is 3.24. The highest BCUT2D eigenvalue weighted by Gasteiger charge is 2.36. The molecule has 3 aliphatic rings. The van der Waals surface area contributed by atoms with E-state index >= 15 is 0 Å². The van der Waals surface area contributed by atoms with Crippen LogP contribution >= 0.6 is 0 Å². The Bertz CT molecular complexity index is 514. The first-order valence-corrected chi connectivity index (χ1v) is 8.18. The van der Waals surface area contributed by atoms with Crippen LogP contribution in [0, 0.1) is 0 Å². The lowest BCUT2D eigenvalue weighted by molar-refractivity contribution is -0.131. The van der Waals surface area contributed by atoms with Gasteiger partial charge in [-0.05, 0) is 44.0 Å². The second-order valence-corrected chi connectivity index (χ2v) is 6.53. The van der Waals surface area contributed by atoms with E-state index < -0.39 is 0 Å². The van der Waals surface area contributed by atoms with Crippen molar-refractivity contribution >= 4 is 11.6 Å². The zero-order valence-corrected chi connectivity index (χ0v) is 12.4. The van der Waals surface area contributed by atoms with E-state index in [2.05, 4.69) is 27.2 Å². The van der Waals surface area contributed by atoms with Gasteiger partial charge in [0.25, 0.3) is 0 Å². The molecule has 2 saturated heterocycles. The van der Waals surface area contributed by atoms with Crippen molar-refractivity contribution in [3.05, 3.63) is 29.8 Å². The third kappa shape index (κ3) is 2.42. The molecule has 3 aliphatic heterocycles. The van der Waals surface area contributed by atoms with E-state index in [0.29, 0.717) is 6.04 Å². The number of carbonyl (C=O) groups excluding carboxylic acids is 1. The smallest absolute Gasteiger partial charge is 0.245 e. The number of hydrogen-bond donors (Lipinski definition) is 1. The Balaban J connectivity index is 1.38. The average molecular weight is 285 g/mol. The maximum atomic E-state index is 12.7. The van der Waals surface area contributed by atoms with Crippen LogP contribution < -0.4 is 5.32 Å². The molecule has 1 N–H and O–H groups in total. The molecule has 2 fully saturated rings. The zero-order chi connectivity index (χ0) is 14.2. The van der Waals surface area contributed by atoms with Crippen LogP contribution in [-0.4, -0.2) is 54.0 Å². The Hall–Kier alpha value is -1.55. The number of carbonyl (C=O) groups is 1. The fourth-order valence-corrected chi connectivity index (χ4v) is 4.01. The van der Waals surface area contributed by atoms with E-state index in [1.165, 1.54) is 31.5 Å². The highest BCUT2D eigenvalue weighted by atomic mass is 16.2. The Labute approximate surface area is 126 Å². The van der Waals surface area contributed by atoms with Crippen LogP contribution in [0.25, 0.3) is 0 Å². The summed E-state index contributed by atoms with van der Waals surface area (Å²) in [6.45, 7) is 4.29. The molecule has 4 heteroatoms. The fraction of sp³-hybridized carbons (Fsp3) is 0.588. The molecule has 0 saturated carbocycles. The maximum Gasteiger partial charge on any atom is 0.245 e. The van der Waals surface area contributed by atoms with Gasteiger partial charge in [-0.25, -0.2) is 0 Å². The van der Waals surface area contributed by atoms with Crippen molar-refractivity contribution in [2.24, 2.45) is 0 Å². The number of benzene rings is 1. The number of nitrogens with zero attached hydrogens (tertiary/aromatic N) is 2. The van der Waals surface area contributed by atoms with Crippen LogP contribution in [0.15, 0.2) is 24.3 Å². The van der Waals surface area contributed by atoms with Crippen molar-refractivity contribution in [1.29, 1.82) is 0 Å². The summed E-state index contributed by atoms with van der Waals surface area (Å²) >= 11 is 0. The van der Waals surface area contributed by atoms with Gasteiger partial charge in [0, 0.05) is 31.2 Å². The summed E-state index contributed by atoms with van der Waals surface area (Å²) in [5.74, 6) is 0.285. The van der Waals surface area contributed by atoms with Crippen LogP contribution in [0.2, 0.25) is 0 Å². The van der Waals surface area contributed by atoms with E-state index in [0.717, 1.165) is 31.6 Å². The quantitative estimate of drug-likeness (QED) is 0.899. The van der Waals surface area contributed by atoms with Gasteiger partial charge in [0.15, 0.2) is 0 Å². The Morgan fingerprint density at radius 2 is 1.95 bits per heavy atom. The van der Waals surface area contributed by atoms with E-state index in [4.69, 9.17) is 0 Å². The number of rotatable bonds is 2. The molecule has 0 spiro atoms. The molecule has 0 aromatic heterocycles. The number of para-hydroxylation sites is 1. The summed E-state index contributed by atoms with van der Waals surface area (Å²) in [4.78, 5) is 17.4. The number of nitrogens with one attached hydrogen (secondary N) is 1. The molecule has 2 atom stereocenters. The fourth-order valence-electron chi connectivity index (χ4n) is 4.01. The summed E-state index contributed by atoms with van der Waals surface area (Å²) in [5, 5.41) is 3.39. The Kier molecular flexibility index (Phi) is 3.34. The third-order valence-corrected chi connectivity index (χ3v) is 5.20. The van der Waals surface area contributed by atoms with E-state index in [1.807, 2.05) is 12.1 Å². The number of hydrogen-bond acceptors (Lipinski definition) is 3. The first-order valence-electron chi connectivity index (χ1n) is 8.18. The SMILES string of the molecule is O=C([C@@H]1Cc2ccccc2N1)N1CCC(N2CCCC2)C1. The molecule has 0 radical (unpaired) electrons. The monoisotopic (exact) mass is 285 g/mol. The van der Waals surface area contributed by atoms with Gasteiger partial charge in [-0.2, -0.15) is 0 Å². The minimum Gasteiger partial charge on any atom is -0.373 e. The summed E-state index contributed by atoms with van der Waals surface area (Å²) in [5.41, 5.74) is 2.40. The summed E-state index contributed by atoms with van der Waals surface area (Å²) in [6.07, 6.45) is 4.62. The minimum absolute atomic E-state index is 0.0558. The molecular formula is C17H23N3O. The largest absolute Gasteiger partial charge is 0.373 e. The van der Waals surface area contributed by atoms with Gasteiger partial charge < -0.3 is 10.2 Å². The molecule has 112 valence electrons. The van der Waals surface area contributed by atoms with Gasteiger partial charge in [0.1, 0.15) is 6.04 Å². The molecule has 4 nitrogen and oxygen atoms in total. The Morgan fingerprint density at radius 1 is 1.14 bits per heavy atom. The normalized spacial score (nSPS) is 28.7. The Morgan fingerprint density at radius 3 is 2.76 bits per heavy atom. The predicted octanol–water partition coefficient (Wildman–Crippen LogP) is 1.72. The zero-order valence-electron chi connectivity index (χ0n) is 12.4. The van der Waals surface area contributed by atoms with Crippen molar-refractivity contribution in [3.63, 3.8) is 0 Å². The summed E-state index contributed by atoms with van der Waals surface area (Å²) in [6, 6.07) is 8.80. The molecule has 1 aromatic carbocycles. The number of likely N-dealkylation sites (tertiary alicyclic amines) is 2. The van der Waals surface area contributed by atoms with E-state index in [9.17, 15) is 4.79 Å². The second-order valence-electron chi connectivity index (χ2n) is 6.53. The minimum atomic E-state index is -0.0558. The highest BCUT2D eigenvalue weighted by molar-refractivity contribution is 5.87. The van der Waals surface area contributed by atoms with Crippen LogP contribution in [0.5, 0.6) is 0 Å². The van der Waals surface area contributed by atoms with E-state index in [1.54, 1.807) is 0 Å². The van der Waals surface area contributed by atoms with Crippen LogP contribution in [0.3, 0.4) is 0 Å². The molecule has 1 amide bonds. The van der Waals surface area contributed by atoms with Crippen molar-refractivity contribution in [2.75, 3.05) is 31.5 Å². The molecular weight excluding hydrogens is 262 g/mol. The van der Waals surface area contributed by atoms with Crippen molar-refractivity contribution in [2.45, 2.75) is 37.8 Å². The molecule has 0 aliphatic carbocycles. The molecule has 21 heavy (non-hydrogen) atoms. The van der Waals surface area contributed by atoms with Crippen molar-refractivity contribution in [1.82, 2.24) is 9.80 Å². The third-order valence-electron chi connectivity index (χ3n) is 5.20. The standard InChI is InChI=1S/C17H23N3O/c21-17(16-11-13-5-1-2-6-15(13)18-16)20-10-7-14(12-20)19-8-3-4-9-19/h1-2,5-6,14,16,18H,3-4,7-12H2/t14?,16-/m0/s1. The van der Waals surface area contributed by atoms with Gasteiger partial charge >= 0.3 is 0 Å². The van der Waals surface area contributed by atoms with Crippen LogP contribution in [0.1, 0.15) is 24.8 Å². The van der Waals surface area contributed by atoms with Gasteiger partial charge in [0.05, 0.1) is 0 Å². The van der Waals surface area contributed by atoms with Crippen molar-refractivity contribution < 1.29 is 4.79 Å². The van der Waals surface area contributed by atoms with Gasteiger partial charge in [-0.1, -0.05) is 18.2 Å². The van der Waals surface area contributed by atoms with Gasteiger partial charge in [-0.3, -0.25) is 9.69 Å². The maximum absolute atomic E-state index is 12.7. The first kappa shape index (κ1) is 13.1. The molecule has 0 bridgehead atoms. The van der Waals surface area contributed by atoms with Crippen LogP contribution in [0.4, 0.5) is 5.69 Å². The molecule has 3 heterocycles. The molecule has 1 unspecified atom stereocenters. The number of fused-ring (bicyclic) bond motifs is 1. The van der Waals surface area contributed by atoms with Crippen molar-refractivity contribution in [3.8, 4) is 0 Å². The highest BCUT2D eigenvalue weighted by Crippen LogP contribution is 2.27.